The van der Waals surface area contributed by atoms with E-state index in [4.69, 9.17) is 14.9 Å². The van der Waals surface area contributed by atoms with Crippen LogP contribution in [-0.4, -0.2) is 28.1 Å². The van der Waals surface area contributed by atoms with E-state index in [0.717, 1.165) is 19.3 Å². The molecular weight excluding hydrogens is 208 g/mol. The predicted octanol–water partition coefficient (Wildman–Crippen LogP) is 0.809. The van der Waals surface area contributed by atoms with Gasteiger partial charge in [-0.25, -0.2) is 4.79 Å². The van der Waals surface area contributed by atoms with Crippen molar-refractivity contribution >= 4 is 5.97 Å². The van der Waals surface area contributed by atoms with Gasteiger partial charge in [-0.1, -0.05) is 0 Å². The first-order chi connectivity index (χ1) is 7.56. The Labute approximate surface area is 94.6 Å². The minimum Gasteiger partial charge on any atom is -0.455 e. The lowest BCUT2D eigenvalue weighted by molar-refractivity contribution is -0.209. The van der Waals surface area contributed by atoms with Gasteiger partial charge < -0.3 is 14.9 Å². The number of esters is 1. The van der Waals surface area contributed by atoms with Crippen molar-refractivity contribution in [2.45, 2.75) is 50.4 Å². The van der Waals surface area contributed by atoms with Crippen molar-refractivity contribution in [3.8, 4) is 0 Å². The summed E-state index contributed by atoms with van der Waals surface area (Å²) >= 11 is 0. The van der Waals surface area contributed by atoms with Crippen molar-refractivity contribution in [1.82, 2.24) is 0 Å². The Bertz CT molecular complexity index is 275. The Hall–Kier alpha value is -0.610. The van der Waals surface area contributed by atoms with Gasteiger partial charge in [0.05, 0.1) is 0 Å². The van der Waals surface area contributed by atoms with Gasteiger partial charge in [0.1, 0.15) is 5.60 Å². The van der Waals surface area contributed by atoms with E-state index >= 15 is 0 Å². The lowest BCUT2D eigenvalue weighted by Crippen LogP contribution is -2.53. The molecule has 0 aromatic heterocycles. The van der Waals surface area contributed by atoms with Crippen LogP contribution in [-0.2, 0) is 9.53 Å². The second kappa shape index (κ2) is 3.44. The average molecular weight is 226 g/mol. The lowest BCUT2D eigenvalue weighted by atomic mass is 9.54. The van der Waals surface area contributed by atoms with Crippen molar-refractivity contribution in [3.05, 3.63) is 0 Å². The monoisotopic (exact) mass is 226 g/mol. The Balaban J connectivity index is 1.76. The topological polar surface area (TPSA) is 66.8 Å². The Morgan fingerprint density at radius 2 is 1.50 bits per heavy atom. The van der Waals surface area contributed by atoms with E-state index < -0.39 is 12.3 Å². The van der Waals surface area contributed by atoms with Crippen molar-refractivity contribution in [2.24, 2.45) is 17.8 Å². The van der Waals surface area contributed by atoms with E-state index in [2.05, 4.69) is 0 Å². The maximum Gasteiger partial charge on any atom is 0.363 e. The van der Waals surface area contributed by atoms with Gasteiger partial charge in [0.2, 0.25) is 0 Å². The summed E-state index contributed by atoms with van der Waals surface area (Å²) in [6.45, 7) is 0. The van der Waals surface area contributed by atoms with Gasteiger partial charge in [0.15, 0.2) is 0 Å². The summed E-state index contributed by atoms with van der Waals surface area (Å²) in [6, 6.07) is 0. The van der Waals surface area contributed by atoms with E-state index in [9.17, 15) is 4.79 Å². The fraction of sp³-hybridized carbons (Fsp3) is 0.917. The molecule has 0 amide bonds. The average Bonchev–Trinajstić information content (AvgIpc) is 2.13. The molecule has 4 bridgehead atoms. The van der Waals surface area contributed by atoms with Gasteiger partial charge in [-0.15, -0.1) is 0 Å². The zero-order valence-electron chi connectivity index (χ0n) is 9.26. The smallest absolute Gasteiger partial charge is 0.363 e. The Morgan fingerprint density at radius 3 is 1.88 bits per heavy atom. The van der Waals surface area contributed by atoms with Gasteiger partial charge >= 0.3 is 5.97 Å². The number of carbonyl (C=O) groups is 1. The standard InChI is InChI=1S/C12H18O4/c13-10(14)11(15)16-12-4-7-1-8(5-12)3-9(2-7)6-12/h7-10,13-14H,1-6H2. The van der Waals surface area contributed by atoms with Crippen LogP contribution < -0.4 is 0 Å². The van der Waals surface area contributed by atoms with Crippen LogP contribution in [0.2, 0.25) is 0 Å². The van der Waals surface area contributed by atoms with Crippen LogP contribution in [0, 0.1) is 17.8 Å². The van der Waals surface area contributed by atoms with E-state index in [1.807, 2.05) is 0 Å². The summed E-state index contributed by atoms with van der Waals surface area (Å²) in [5.41, 5.74) is -0.366. The van der Waals surface area contributed by atoms with Gasteiger partial charge in [-0.2, -0.15) is 0 Å². The SMILES string of the molecule is O=C(OC12CC3CC(CC(C3)C1)C2)C(O)O. The van der Waals surface area contributed by atoms with Gasteiger partial charge in [0.25, 0.3) is 6.29 Å². The first-order valence-electron chi connectivity index (χ1n) is 6.15. The Morgan fingerprint density at radius 1 is 1.06 bits per heavy atom. The molecule has 4 rings (SSSR count). The molecule has 90 valence electrons. The largest absolute Gasteiger partial charge is 0.455 e. The fourth-order valence-electron chi connectivity index (χ4n) is 4.42. The van der Waals surface area contributed by atoms with Crippen LogP contribution in [0.3, 0.4) is 0 Å². The van der Waals surface area contributed by atoms with Crippen LogP contribution >= 0.6 is 0 Å². The third kappa shape index (κ3) is 1.64. The molecule has 0 atom stereocenters. The molecule has 0 radical (unpaired) electrons. The summed E-state index contributed by atoms with van der Waals surface area (Å²) in [5, 5.41) is 17.6. The van der Waals surface area contributed by atoms with Crippen molar-refractivity contribution in [2.75, 3.05) is 0 Å². The highest BCUT2D eigenvalue weighted by Crippen LogP contribution is 2.57. The highest BCUT2D eigenvalue weighted by Gasteiger charge is 2.53. The molecule has 4 aliphatic rings. The maximum absolute atomic E-state index is 11.3. The molecular formula is C12H18O4. The first-order valence-corrected chi connectivity index (χ1v) is 6.15. The van der Waals surface area contributed by atoms with E-state index in [1.165, 1.54) is 19.3 Å². The molecule has 0 aromatic carbocycles. The van der Waals surface area contributed by atoms with Gasteiger partial charge in [0, 0.05) is 0 Å². The molecule has 0 unspecified atom stereocenters. The van der Waals surface area contributed by atoms with E-state index in [0.29, 0.717) is 17.8 Å². The lowest BCUT2D eigenvalue weighted by Gasteiger charge is -2.55. The number of carbonyl (C=O) groups excluding carboxylic acids is 1. The number of hydrogen-bond acceptors (Lipinski definition) is 4. The third-order valence-electron chi connectivity index (χ3n) is 4.51. The normalized spacial score (nSPS) is 45.1. The van der Waals surface area contributed by atoms with Crippen LogP contribution in [0.25, 0.3) is 0 Å². The minimum atomic E-state index is -1.98. The molecule has 2 N–H and O–H groups in total. The number of hydrogen-bond donors (Lipinski definition) is 2. The van der Waals surface area contributed by atoms with Crippen LogP contribution in [0.1, 0.15) is 38.5 Å². The number of aliphatic hydroxyl groups excluding tert-OH is 1. The summed E-state index contributed by atoms with van der Waals surface area (Å²) in [4.78, 5) is 11.3. The summed E-state index contributed by atoms with van der Waals surface area (Å²) in [7, 11) is 0. The third-order valence-corrected chi connectivity index (χ3v) is 4.51. The molecule has 4 nitrogen and oxygen atoms in total. The second-order valence-corrected chi connectivity index (χ2v) is 5.90. The van der Waals surface area contributed by atoms with E-state index in [1.54, 1.807) is 0 Å². The molecule has 4 saturated carbocycles. The predicted molar refractivity (Wildman–Crippen MR) is 55.2 cm³/mol. The maximum atomic E-state index is 11.3. The van der Waals surface area contributed by atoms with Crippen molar-refractivity contribution in [3.63, 3.8) is 0 Å². The Kier molecular flexibility index (Phi) is 2.27. The summed E-state index contributed by atoms with van der Waals surface area (Å²) < 4.78 is 5.37. The van der Waals surface area contributed by atoms with Gasteiger partial charge in [-0.05, 0) is 56.3 Å². The minimum absolute atomic E-state index is 0.366. The van der Waals surface area contributed by atoms with Crippen LogP contribution in [0.15, 0.2) is 0 Å². The van der Waals surface area contributed by atoms with Crippen molar-refractivity contribution in [1.29, 1.82) is 0 Å². The molecule has 0 aromatic rings. The quantitative estimate of drug-likeness (QED) is 0.540. The number of rotatable bonds is 2. The van der Waals surface area contributed by atoms with Crippen LogP contribution in [0.4, 0.5) is 0 Å². The highest BCUT2D eigenvalue weighted by molar-refractivity contribution is 5.73. The fourth-order valence-corrected chi connectivity index (χ4v) is 4.42. The zero-order valence-corrected chi connectivity index (χ0v) is 9.26. The highest BCUT2D eigenvalue weighted by atomic mass is 16.6. The first kappa shape index (κ1) is 10.5. The second-order valence-electron chi connectivity index (χ2n) is 5.90. The molecule has 4 fully saturated rings. The van der Waals surface area contributed by atoms with Crippen LogP contribution in [0.5, 0.6) is 0 Å². The molecule has 0 spiro atoms. The van der Waals surface area contributed by atoms with Gasteiger partial charge in [-0.3, -0.25) is 0 Å². The molecule has 0 saturated heterocycles. The van der Waals surface area contributed by atoms with E-state index in [-0.39, 0.29) is 5.60 Å². The summed E-state index contributed by atoms with van der Waals surface area (Å²) in [5.74, 6) is 1.20. The molecule has 4 aliphatic carbocycles. The molecule has 0 heterocycles. The van der Waals surface area contributed by atoms with Crippen molar-refractivity contribution < 1.29 is 19.7 Å². The molecule has 0 aliphatic heterocycles. The number of aliphatic hydroxyl groups is 2. The zero-order chi connectivity index (χ0) is 11.3. The molecule has 4 heteroatoms. The number of ether oxygens (including phenoxy) is 1. The summed E-state index contributed by atoms with van der Waals surface area (Å²) in [6.07, 6.45) is 4.63. The molecule has 16 heavy (non-hydrogen) atoms.